The molecule has 0 bridgehead atoms. The van der Waals surface area contributed by atoms with Gasteiger partial charge in [-0.15, -0.1) is 11.8 Å². The van der Waals surface area contributed by atoms with E-state index in [2.05, 4.69) is 22.6 Å². The molecule has 2 aromatic rings. The Kier molecular flexibility index (Phi) is 7.09. The molecule has 0 spiro atoms. The number of unbranched alkanes of at least 4 members (excludes halogenated alkanes) is 1. The lowest BCUT2D eigenvalue weighted by atomic mass is 10.2. The Morgan fingerprint density at radius 2 is 1.83 bits per heavy atom. The number of nitrogen functional groups attached to an aromatic ring is 1. The molecule has 24 heavy (non-hydrogen) atoms. The molecule has 0 fully saturated rings. The zero-order valence-electron chi connectivity index (χ0n) is 12.8. The van der Waals surface area contributed by atoms with Crippen molar-refractivity contribution in [3.63, 3.8) is 0 Å². The fourth-order valence-corrected chi connectivity index (χ4v) is 3.49. The summed E-state index contributed by atoms with van der Waals surface area (Å²) in [6, 6.07) is 11.3. The molecule has 2 nitrogen and oxygen atoms in total. The SMILES string of the molecule is Nc1cc(C(F)(F)F)ccc1SCCCCOc1ccccc1I. The Bertz CT molecular complexity index is 679. The van der Waals surface area contributed by atoms with Crippen molar-refractivity contribution >= 4 is 40.0 Å². The van der Waals surface area contributed by atoms with Crippen molar-refractivity contribution in [1.82, 2.24) is 0 Å². The van der Waals surface area contributed by atoms with E-state index in [4.69, 9.17) is 10.5 Å². The highest BCUT2D eigenvalue weighted by atomic mass is 127. The lowest BCUT2D eigenvalue weighted by Gasteiger charge is -2.11. The number of ether oxygens (including phenoxy) is 1. The third kappa shape index (κ3) is 5.77. The third-order valence-electron chi connectivity index (χ3n) is 3.23. The van der Waals surface area contributed by atoms with Crippen LogP contribution in [0.15, 0.2) is 47.4 Å². The third-order valence-corrected chi connectivity index (χ3v) is 5.29. The molecule has 0 aliphatic carbocycles. The molecule has 7 heteroatoms. The van der Waals surface area contributed by atoms with Crippen molar-refractivity contribution in [3.8, 4) is 5.75 Å². The highest BCUT2D eigenvalue weighted by Gasteiger charge is 2.30. The van der Waals surface area contributed by atoms with E-state index >= 15 is 0 Å². The highest BCUT2D eigenvalue weighted by Crippen LogP contribution is 2.34. The topological polar surface area (TPSA) is 35.2 Å². The maximum Gasteiger partial charge on any atom is 0.416 e. The van der Waals surface area contributed by atoms with E-state index in [1.54, 1.807) is 0 Å². The van der Waals surface area contributed by atoms with Crippen molar-refractivity contribution in [2.45, 2.75) is 23.9 Å². The summed E-state index contributed by atoms with van der Waals surface area (Å²) in [5.74, 6) is 1.66. The van der Waals surface area contributed by atoms with Crippen molar-refractivity contribution < 1.29 is 17.9 Å². The minimum absolute atomic E-state index is 0.171. The van der Waals surface area contributed by atoms with Gasteiger partial charge < -0.3 is 10.5 Å². The van der Waals surface area contributed by atoms with Gasteiger partial charge in [-0.3, -0.25) is 0 Å². The van der Waals surface area contributed by atoms with Gasteiger partial charge in [0.15, 0.2) is 0 Å². The van der Waals surface area contributed by atoms with Gasteiger partial charge in [0.2, 0.25) is 0 Å². The van der Waals surface area contributed by atoms with Crippen molar-refractivity contribution in [1.29, 1.82) is 0 Å². The van der Waals surface area contributed by atoms with Gasteiger partial charge in [-0.25, -0.2) is 0 Å². The van der Waals surface area contributed by atoms with Gasteiger partial charge in [-0.2, -0.15) is 13.2 Å². The number of halogens is 4. The number of alkyl halides is 3. The molecule has 130 valence electrons. The summed E-state index contributed by atoms with van der Waals surface area (Å²) in [6.45, 7) is 0.614. The van der Waals surface area contributed by atoms with Gasteiger partial charge in [0.05, 0.1) is 15.7 Å². The average Bonchev–Trinajstić information content (AvgIpc) is 2.52. The van der Waals surface area contributed by atoms with E-state index in [0.29, 0.717) is 11.5 Å². The Hall–Kier alpha value is -1.09. The van der Waals surface area contributed by atoms with Crippen LogP contribution in [0.3, 0.4) is 0 Å². The second kappa shape index (κ2) is 8.84. The summed E-state index contributed by atoms with van der Waals surface area (Å²) in [5.41, 5.74) is 5.16. The number of thioether (sulfide) groups is 1. The van der Waals surface area contributed by atoms with Crippen LogP contribution >= 0.6 is 34.4 Å². The van der Waals surface area contributed by atoms with Gasteiger partial charge in [0.1, 0.15) is 5.75 Å². The molecule has 0 saturated carbocycles. The molecule has 0 amide bonds. The molecular weight excluding hydrogens is 450 g/mol. The van der Waals surface area contributed by atoms with Crippen LogP contribution < -0.4 is 10.5 Å². The van der Waals surface area contributed by atoms with Crippen molar-refractivity contribution in [2.75, 3.05) is 18.1 Å². The molecular formula is C17H17F3INOS. The summed E-state index contributed by atoms with van der Waals surface area (Å²) in [7, 11) is 0. The van der Waals surface area contributed by atoms with Gasteiger partial charge in [0.25, 0.3) is 0 Å². The van der Waals surface area contributed by atoms with Crippen LogP contribution in [-0.2, 0) is 6.18 Å². The second-order valence-corrected chi connectivity index (χ2v) is 7.38. The standard InChI is InChI=1S/C17H17F3INOS/c18-17(19,20)12-7-8-16(14(22)11-12)24-10-4-3-9-23-15-6-2-1-5-13(15)21/h1-2,5-8,11H,3-4,9-10,22H2. The Morgan fingerprint density at radius 1 is 1.08 bits per heavy atom. The number of hydrogen-bond donors (Lipinski definition) is 1. The molecule has 0 aliphatic heterocycles. The summed E-state index contributed by atoms with van der Waals surface area (Å²) in [6.07, 6.45) is -2.59. The van der Waals surface area contributed by atoms with Gasteiger partial charge in [-0.1, -0.05) is 12.1 Å². The summed E-state index contributed by atoms with van der Waals surface area (Å²) >= 11 is 3.69. The number of anilines is 1. The van der Waals surface area contributed by atoms with Crippen LogP contribution in [0.5, 0.6) is 5.75 Å². The molecule has 0 saturated heterocycles. The van der Waals surface area contributed by atoms with E-state index in [9.17, 15) is 13.2 Å². The molecule has 2 rings (SSSR count). The van der Waals surface area contributed by atoms with Crippen molar-refractivity contribution in [2.24, 2.45) is 0 Å². The van der Waals surface area contributed by atoms with Gasteiger partial charge in [-0.05, 0) is 71.5 Å². The Balaban J connectivity index is 1.72. The number of benzene rings is 2. The van der Waals surface area contributed by atoms with Gasteiger partial charge >= 0.3 is 6.18 Å². The number of para-hydroxylation sites is 1. The van der Waals surface area contributed by atoms with Crippen LogP contribution in [0.1, 0.15) is 18.4 Å². The molecule has 0 aromatic heterocycles. The van der Waals surface area contributed by atoms with Crippen molar-refractivity contribution in [3.05, 3.63) is 51.6 Å². The summed E-state index contributed by atoms with van der Waals surface area (Å²) in [4.78, 5) is 0.682. The summed E-state index contributed by atoms with van der Waals surface area (Å²) in [5, 5.41) is 0. The highest BCUT2D eigenvalue weighted by molar-refractivity contribution is 14.1. The van der Waals surface area contributed by atoms with Crippen LogP contribution in [0, 0.1) is 3.57 Å². The van der Waals surface area contributed by atoms with E-state index < -0.39 is 11.7 Å². The second-order valence-electron chi connectivity index (χ2n) is 5.08. The van der Waals surface area contributed by atoms with E-state index in [1.807, 2.05) is 24.3 Å². The molecule has 2 aromatic carbocycles. The zero-order valence-corrected chi connectivity index (χ0v) is 15.7. The van der Waals surface area contributed by atoms with Gasteiger partial charge in [0, 0.05) is 10.6 Å². The Labute approximate surface area is 157 Å². The number of hydrogen-bond acceptors (Lipinski definition) is 3. The predicted octanol–water partition coefficient (Wildman–Crippen LogP) is 5.84. The maximum absolute atomic E-state index is 12.6. The summed E-state index contributed by atoms with van der Waals surface area (Å²) < 4.78 is 44.5. The molecule has 0 unspecified atom stereocenters. The fourth-order valence-electron chi connectivity index (χ4n) is 1.99. The van der Waals surface area contributed by atoms with Crippen LogP contribution in [-0.4, -0.2) is 12.4 Å². The van der Waals surface area contributed by atoms with E-state index in [0.717, 1.165) is 40.0 Å². The largest absolute Gasteiger partial charge is 0.492 e. The fraction of sp³-hybridized carbons (Fsp3) is 0.294. The van der Waals surface area contributed by atoms with E-state index in [1.165, 1.54) is 17.8 Å². The first-order valence-electron chi connectivity index (χ1n) is 7.35. The zero-order chi connectivity index (χ0) is 17.6. The van der Waals surface area contributed by atoms with Crippen LogP contribution in [0.2, 0.25) is 0 Å². The predicted molar refractivity (Wildman–Crippen MR) is 100 cm³/mol. The first kappa shape index (κ1) is 19.2. The smallest absolute Gasteiger partial charge is 0.416 e. The quantitative estimate of drug-likeness (QED) is 0.241. The minimum atomic E-state index is -4.36. The van der Waals surface area contributed by atoms with Crippen LogP contribution in [0.25, 0.3) is 0 Å². The monoisotopic (exact) mass is 467 g/mol. The molecule has 0 atom stereocenters. The normalized spacial score (nSPS) is 11.5. The van der Waals surface area contributed by atoms with E-state index in [-0.39, 0.29) is 5.69 Å². The molecule has 0 radical (unpaired) electrons. The number of nitrogens with two attached hydrogens (primary N) is 1. The molecule has 0 heterocycles. The lowest BCUT2D eigenvalue weighted by Crippen LogP contribution is -2.05. The maximum atomic E-state index is 12.6. The molecule has 0 aliphatic rings. The number of rotatable bonds is 7. The lowest BCUT2D eigenvalue weighted by molar-refractivity contribution is -0.137. The molecule has 2 N–H and O–H groups in total. The van der Waals surface area contributed by atoms with Crippen LogP contribution in [0.4, 0.5) is 18.9 Å². The Morgan fingerprint density at radius 3 is 2.50 bits per heavy atom. The first-order valence-corrected chi connectivity index (χ1v) is 9.41. The average molecular weight is 467 g/mol. The minimum Gasteiger partial charge on any atom is -0.492 e. The first-order chi connectivity index (χ1) is 11.4.